The zero-order chi connectivity index (χ0) is 15.9. The van der Waals surface area contributed by atoms with Gasteiger partial charge in [-0.05, 0) is 35.4 Å². The summed E-state index contributed by atoms with van der Waals surface area (Å²) >= 11 is 11.8. The van der Waals surface area contributed by atoms with Crippen molar-refractivity contribution in [1.29, 1.82) is 0 Å². The van der Waals surface area contributed by atoms with Crippen LogP contribution in [0.4, 0.5) is 0 Å². The molecule has 0 bridgehead atoms. The van der Waals surface area contributed by atoms with Crippen molar-refractivity contribution >= 4 is 39.9 Å². The minimum Gasteiger partial charge on any atom is -0.351 e. The van der Waals surface area contributed by atoms with Gasteiger partial charge >= 0.3 is 0 Å². The lowest BCUT2D eigenvalue weighted by molar-refractivity contribution is -0.118. The largest absolute Gasteiger partial charge is 0.351 e. The van der Waals surface area contributed by atoms with Crippen LogP contribution in [-0.2, 0) is 27.9 Å². The van der Waals surface area contributed by atoms with E-state index >= 15 is 0 Å². The fourth-order valence-electron chi connectivity index (χ4n) is 1.91. The molecule has 1 unspecified atom stereocenters. The maximum atomic E-state index is 12.0. The van der Waals surface area contributed by atoms with Gasteiger partial charge in [-0.3, -0.25) is 9.00 Å². The first kappa shape index (κ1) is 17.0. The average Bonchev–Trinajstić information content (AvgIpc) is 2.45. The molecule has 1 amide bonds. The van der Waals surface area contributed by atoms with Crippen molar-refractivity contribution < 1.29 is 9.00 Å². The minimum absolute atomic E-state index is 0.0346. The van der Waals surface area contributed by atoms with Gasteiger partial charge in [0.1, 0.15) is 5.75 Å². The molecule has 0 fully saturated rings. The summed E-state index contributed by atoms with van der Waals surface area (Å²) in [5, 5.41) is 3.96. The van der Waals surface area contributed by atoms with Crippen LogP contribution in [0.2, 0.25) is 10.0 Å². The maximum absolute atomic E-state index is 12.0. The van der Waals surface area contributed by atoms with E-state index in [0.717, 1.165) is 11.1 Å². The van der Waals surface area contributed by atoms with Crippen LogP contribution in [0.1, 0.15) is 11.1 Å². The zero-order valence-corrected chi connectivity index (χ0v) is 14.0. The van der Waals surface area contributed by atoms with Crippen molar-refractivity contribution in [3.63, 3.8) is 0 Å². The molecule has 1 atom stereocenters. The molecule has 0 aliphatic rings. The lowest BCUT2D eigenvalue weighted by Gasteiger charge is -2.06. The summed E-state index contributed by atoms with van der Waals surface area (Å²) in [6.45, 7) is 0.369. The second-order valence-electron chi connectivity index (χ2n) is 4.77. The van der Waals surface area contributed by atoms with Gasteiger partial charge in [-0.2, -0.15) is 0 Å². The van der Waals surface area contributed by atoms with Gasteiger partial charge in [0, 0.05) is 33.1 Å². The summed E-state index contributed by atoms with van der Waals surface area (Å²) in [4.78, 5) is 11.8. The van der Waals surface area contributed by atoms with E-state index in [1.165, 1.54) is 0 Å². The number of amides is 1. The molecule has 0 spiro atoms. The molecule has 2 rings (SSSR count). The number of hydrogen-bond donors (Lipinski definition) is 1. The van der Waals surface area contributed by atoms with E-state index in [2.05, 4.69) is 5.32 Å². The second-order valence-corrected chi connectivity index (χ2v) is 7.09. The van der Waals surface area contributed by atoms with Gasteiger partial charge in [0.2, 0.25) is 5.91 Å². The molecular formula is C16H15Cl2NO2S. The summed E-state index contributed by atoms with van der Waals surface area (Å²) in [5.41, 5.74) is 1.76. The number of hydrogen-bond acceptors (Lipinski definition) is 2. The van der Waals surface area contributed by atoms with Crippen LogP contribution < -0.4 is 5.32 Å². The van der Waals surface area contributed by atoms with Crippen LogP contribution in [0, 0.1) is 0 Å². The van der Waals surface area contributed by atoms with Crippen molar-refractivity contribution in [2.24, 2.45) is 0 Å². The molecule has 3 nitrogen and oxygen atoms in total. The lowest BCUT2D eigenvalue weighted by Crippen LogP contribution is -2.28. The number of carbonyl (C=O) groups excluding carboxylic acids is 1. The Morgan fingerprint density at radius 2 is 1.59 bits per heavy atom. The Kier molecular flexibility index (Phi) is 6.43. The minimum atomic E-state index is -1.27. The molecule has 22 heavy (non-hydrogen) atoms. The molecule has 1 N–H and O–H groups in total. The second kappa shape index (κ2) is 8.32. The Hall–Kier alpha value is -1.36. The third-order valence-electron chi connectivity index (χ3n) is 2.89. The van der Waals surface area contributed by atoms with Crippen LogP contribution in [0.25, 0.3) is 0 Å². The van der Waals surface area contributed by atoms with Crippen molar-refractivity contribution in [2.75, 3.05) is 5.75 Å². The molecule has 0 aromatic heterocycles. The highest BCUT2D eigenvalue weighted by molar-refractivity contribution is 7.84. The molecule has 0 radical (unpaired) electrons. The smallest absolute Gasteiger partial charge is 0.232 e. The van der Waals surface area contributed by atoms with Crippen LogP contribution in [-0.4, -0.2) is 15.9 Å². The molecule has 0 aliphatic heterocycles. The first-order valence-electron chi connectivity index (χ1n) is 6.63. The van der Waals surface area contributed by atoms with Gasteiger partial charge in [-0.1, -0.05) is 47.5 Å². The Labute approximate surface area is 142 Å². The van der Waals surface area contributed by atoms with E-state index in [9.17, 15) is 9.00 Å². The SMILES string of the molecule is O=C(CS(=O)Cc1cccc(Cl)c1)NCc1cccc(Cl)c1. The monoisotopic (exact) mass is 355 g/mol. The van der Waals surface area contributed by atoms with Crippen molar-refractivity contribution in [2.45, 2.75) is 12.3 Å². The van der Waals surface area contributed by atoms with Crippen LogP contribution >= 0.6 is 23.2 Å². The highest BCUT2D eigenvalue weighted by Crippen LogP contribution is 2.12. The Bertz CT molecular complexity index is 691. The Morgan fingerprint density at radius 3 is 2.23 bits per heavy atom. The Balaban J connectivity index is 1.80. The summed E-state index contributed by atoms with van der Waals surface area (Å²) < 4.78 is 12.0. The van der Waals surface area contributed by atoms with Gasteiger partial charge in [-0.25, -0.2) is 0 Å². The third kappa shape index (κ3) is 5.79. The first-order chi connectivity index (χ1) is 10.5. The predicted molar refractivity (Wildman–Crippen MR) is 91.5 cm³/mol. The van der Waals surface area contributed by atoms with Gasteiger partial charge < -0.3 is 5.32 Å². The summed E-state index contributed by atoms with van der Waals surface area (Å²) in [6, 6.07) is 14.4. The maximum Gasteiger partial charge on any atom is 0.232 e. The average molecular weight is 356 g/mol. The summed E-state index contributed by atoms with van der Waals surface area (Å²) in [7, 11) is -1.27. The number of nitrogens with one attached hydrogen (secondary N) is 1. The zero-order valence-electron chi connectivity index (χ0n) is 11.7. The molecule has 0 heterocycles. The van der Waals surface area contributed by atoms with E-state index < -0.39 is 10.8 Å². The van der Waals surface area contributed by atoms with Crippen molar-refractivity contribution in [1.82, 2.24) is 5.32 Å². The van der Waals surface area contributed by atoms with Gasteiger partial charge in [0.25, 0.3) is 0 Å². The van der Waals surface area contributed by atoms with Crippen LogP contribution in [0.5, 0.6) is 0 Å². The first-order valence-corrected chi connectivity index (χ1v) is 8.88. The summed E-state index contributed by atoms with van der Waals surface area (Å²) in [6.07, 6.45) is 0. The van der Waals surface area contributed by atoms with E-state index in [4.69, 9.17) is 23.2 Å². The molecule has 2 aromatic carbocycles. The highest BCUT2D eigenvalue weighted by Gasteiger charge is 2.09. The molecule has 116 valence electrons. The fraction of sp³-hybridized carbons (Fsp3) is 0.188. The molecule has 0 saturated carbocycles. The molecular weight excluding hydrogens is 341 g/mol. The van der Waals surface area contributed by atoms with Gasteiger partial charge in [0.05, 0.1) is 0 Å². The number of benzene rings is 2. The summed E-state index contributed by atoms with van der Waals surface area (Å²) in [5.74, 6) is 0.0263. The molecule has 0 saturated heterocycles. The van der Waals surface area contributed by atoms with Crippen molar-refractivity contribution in [3.8, 4) is 0 Å². The van der Waals surface area contributed by atoms with E-state index in [0.29, 0.717) is 22.3 Å². The number of halogens is 2. The highest BCUT2D eigenvalue weighted by atomic mass is 35.5. The van der Waals surface area contributed by atoms with Gasteiger partial charge in [-0.15, -0.1) is 0 Å². The van der Waals surface area contributed by atoms with E-state index in [-0.39, 0.29) is 11.7 Å². The van der Waals surface area contributed by atoms with Gasteiger partial charge in [0.15, 0.2) is 0 Å². The fourth-order valence-corrected chi connectivity index (χ4v) is 3.38. The van der Waals surface area contributed by atoms with Crippen molar-refractivity contribution in [3.05, 3.63) is 69.7 Å². The molecule has 6 heteroatoms. The standard InChI is InChI=1S/C16H15Cl2NO2S/c17-14-5-1-3-12(7-14)9-19-16(20)11-22(21)10-13-4-2-6-15(18)8-13/h1-8H,9-11H2,(H,19,20). The lowest BCUT2D eigenvalue weighted by atomic mass is 10.2. The topological polar surface area (TPSA) is 46.2 Å². The molecule has 0 aliphatic carbocycles. The van der Waals surface area contributed by atoms with E-state index in [1.807, 2.05) is 18.2 Å². The Morgan fingerprint density at radius 1 is 1.00 bits per heavy atom. The molecule has 2 aromatic rings. The predicted octanol–water partition coefficient (Wildman–Crippen LogP) is 3.56. The third-order valence-corrected chi connectivity index (χ3v) is 4.60. The van der Waals surface area contributed by atoms with Crippen LogP contribution in [0.15, 0.2) is 48.5 Å². The van der Waals surface area contributed by atoms with E-state index in [1.54, 1.807) is 30.3 Å². The number of carbonyl (C=O) groups is 1. The normalized spacial score (nSPS) is 11.9. The van der Waals surface area contributed by atoms with Crippen LogP contribution in [0.3, 0.4) is 0 Å². The quantitative estimate of drug-likeness (QED) is 0.860. The number of rotatable bonds is 6.